The highest BCUT2D eigenvalue weighted by Gasteiger charge is 2.07. The Hall–Kier alpha value is -0.610. The number of hydrogen-bond acceptors (Lipinski definition) is 4. The molecule has 4 heteroatoms. The zero-order valence-corrected chi connectivity index (χ0v) is 8.96. The van der Waals surface area contributed by atoms with E-state index in [9.17, 15) is 4.79 Å². The molecule has 0 bridgehead atoms. The normalized spacial score (nSPS) is 13.0. The maximum absolute atomic E-state index is 10.8. The van der Waals surface area contributed by atoms with Gasteiger partial charge in [-0.05, 0) is 21.0 Å². The zero-order chi connectivity index (χ0) is 10.3. The topological polar surface area (TPSA) is 41.6 Å². The molecule has 0 aromatic heterocycles. The summed E-state index contributed by atoms with van der Waals surface area (Å²) in [4.78, 5) is 12.9. The molecule has 0 aromatic rings. The van der Waals surface area contributed by atoms with E-state index in [-0.39, 0.29) is 12.0 Å². The van der Waals surface area contributed by atoms with Gasteiger partial charge in [0.1, 0.15) is 0 Å². The SMILES string of the molecule is COC(=O)CC(C)NCCN(C)C. The van der Waals surface area contributed by atoms with Gasteiger partial charge in [-0.2, -0.15) is 0 Å². The van der Waals surface area contributed by atoms with Gasteiger partial charge in [0.2, 0.25) is 0 Å². The third kappa shape index (κ3) is 7.74. The van der Waals surface area contributed by atoms with Gasteiger partial charge in [-0.3, -0.25) is 4.79 Å². The van der Waals surface area contributed by atoms with Crippen molar-refractivity contribution in [2.24, 2.45) is 0 Å². The van der Waals surface area contributed by atoms with Gasteiger partial charge in [-0.1, -0.05) is 0 Å². The van der Waals surface area contributed by atoms with Crippen LogP contribution in [-0.4, -0.2) is 51.2 Å². The number of methoxy groups -OCH3 is 1. The van der Waals surface area contributed by atoms with E-state index in [4.69, 9.17) is 0 Å². The number of ether oxygens (including phenoxy) is 1. The second-order valence-electron chi connectivity index (χ2n) is 3.44. The molecule has 0 aromatic carbocycles. The number of rotatable bonds is 6. The molecule has 0 radical (unpaired) electrons. The Balaban J connectivity index is 3.40. The fourth-order valence-electron chi connectivity index (χ4n) is 0.940. The van der Waals surface area contributed by atoms with Gasteiger partial charge in [-0.15, -0.1) is 0 Å². The molecule has 0 spiro atoms. The maximum atomic E-state index is 10.8. The second kappa shape index (κ2) is 6.86. The van der Waals surface area contributed by atoms with Crippen molar-refractivity contribution in [1.82, 2.24) is 10.2 Å². The van der Waals surface area contributed by atoms with Gasteiger partial charge in [0, 0.05) is 19.1 Å². The van der Waals surface area contributed by atoms with E-state index in [0.717, 1.165) is 13.1 Å². The van der Waals surface area contributed by atoms with E-state index >= 15 is 0 Å². The zero-order valence-electron chi connectivity index (χ0n) is 8.96. The molecule has 0 aliphatic rings. The van der Waals surface area contributed by atoms with Crippen molar-refractivity contribution in [1.29, 1.82) is 0 Å². The summed E-state index contributed by atoms with van der Waals surface area (Å²) in [6.07, 6.45) is 0.434. The minimum Gasteiger partial charge on any atom is -0.469 e. The van der Waals surface area contributed by atoms with Crippen LogP contribution in [0.2, 0.25) is 0 Å². The first-order valence-corrected chi connectivity index (χ1v) is 4.51. The summed E-state index contributed by atoms with van der Waals surface area (Å²) in [6.45, 7) is 3.85. The third-order valence-electron chi connectivity index (χ3n) is 1.75. The monoisotopic (exact) mass is 188 g/mol. The first-order valence-electron chi connectivity index (χ1n) is 4.51. The summed E-state index contributed by atoms with van der Waals surface area (Å²) in [5, 5.41) is 3.24. The number of hydrogen-bond donors (Lipinski definition) is 1. The standard InChI is InChI=1S/C9H20N2O2/c1-8(7-9(12)13-4)10-5-6-11(2)3/h8,10H,5-7H2,1-4H3. The van der Waals surface area contributed by atoms with Crippen LogP contribution in [-0.2, 0) is 9.53 Å². The molecule has 0 heterocycles. The van der Waals surface area contributed by atoms with Gasteiger partial charge in [0.15, 0.2) is 0 Å². The Morgan fingerprint density at radius 3 is 2.62 bits per heavy atom. The number of carbonyl (C=O) groups excluding carboxylic acids is 1. The second-order valence-corrected chi connectivity index (χ2v) is 3.44. The first-order chi connectivity index (χ1) is 6.06. The Morgan fingerprint density at radius 2 is 2.15 bits per heavy atom. The van der Waals surface area contributed by atoms with Crippen molar-refractivity contribution >= 4 is 5.97 Å². The maximum Gasteiger partial charge on any atom is 0.307 e. The van der Waals surface area contributed by atoms with E-state index in [1.54, 1.807) is 0 Å². The van der Waals surface area contributed by atoms with Crippen molar-refractivity contribution in [2.75, 3.05) is 34.3 Å². The van der Waals surface area contributed by atoms with Crippen LogP contribution in [0.4, 0.5) is 0 Å². The van der Waals surface area contributed by atoms with E-state index < -0.39 is 0 Å². The van der Waals surface area contributed by atoms with Crippen molar-refractivity contribution in [3.63, 3.8) is 0 Å². The summed E-state index contributed by atoms with van der Waals surface area (Å²) in [5.41, 5.74) is 0. The molecule has 1 atom stereocenters. The average molecular weight is 188 g/mol. The lowest BCUT2D eigenvalue weighted by Crippen LogP contribution is -2.34. The molecule has 13 heavy (non-hydrogen) atoms. The fourth-order valence-corrected chi connectivity index (χ4v) is 0.940. The summed E-state index contributed by atoms with van der Waals surface area (Å²) >= 11 is 0. The number of likely N-dealkylation sites (N-methyl/N-ethyl adjacent to an activating group) is 1. The van der Waals surface area contributed by atoms with Gasteiger partial charge >= 0.3 is 5.97 Å². The van der Waals surface area contributed by atoms with Crippen LogP contribution >= 0.6 is 0 Å². The smallest absolute Gasteiger partial charge is 0.307 e. The molecule has 0 saturated heterocycles. The fraction of sp³-hybridized carbons (Fsp3) is 0.889. The van der Waals surface area contributed by atoms with Crippen LogP contribution in [0.25, 0.3) is 0 Å². The van der Waals surface area contributed by atoms with Crippen molar-refractivity contribution in [3.8, 4) is 0 Å². The van der Waals surface area contributed by atoms with Crippen LogP contribution in [0, 0.1) is 0 Å². The van der Waals surface area contributed by atoms with Crippen LogP contribution in [0.15, 0.2) is 0 Å². The molecular formula is C9H20N2O2. The Labute approximate surface area is 80.2 Å². The number of carbonyl (C=O) groups is 1. The predicted octanol–water partition coefficient (Wildman–Crippen LogP) is 0.0892. The van der Waals surface area contributed by atoms with Crippen LogP contribution < -0.4 is 5.32 Å². The largest absolute Gasteiger partial charge is 0.469 e. The minimum atomic E-state index is -0.162. The molecule has 78 valence electrons. The average Bonchev–Trinajstić information content (AvgIpc) is 2.03. The molecule has 4 nitrogen and oxygen atoms in total. The van der Waals surface area contributed by atoms with Crippen LogP contribution in [0.1, 0.15) is 13.3 Å². The molecule has 0 saturated carbocycles. The lowest BCUT2D eigenvalue weighted by atomic mass is 10.2. The number of nitrogens with zero attached hydrogens (tertiary/aromatic N) is 1. The number of esters is 1. The molecular weight excluding hydrogens is 168 g/mol. The summed E-state index contributed by atoms with van der Waals surface area (Å²) in [7, 11) is 5.45. The Morgan fingerprint density at radius 1 is 1.54 bits per heavy atom. The lowest BCUT2D eigenvalue weighted by molar-refractivity contribution is -0.141. The molecule has 1 unspecified atom stereocenters. The summed E-state index contributed by atoms with van der Waals surface area (Å²) in [5.74, 6) is -0.162. The van der Waals surface area contributed by atoms with E-state index in [1.807, 2.05) is 21.0 Å². The van der Waals surface area contributed by atoms with E-state index in [2.05, 4.69) is 15.0 Å². The summed E-state index contributed by atoms with van der Waals surface area (Å²) in [6, 6.07) is 0.187. The van der Waals surface area contributed by atoms with Crippen LogP contribution in [0.3, 0.4) is 0 Å². The van der Waals surface area contributed by atoms with Crippen molar-refractivity contribution in [2.45, 2.75) is 19.4 Å². The molecule has 1 N–H and O–H groups in total. The quantitative estimate of drug-likeness (QED) is 0.600. The highest BCUT2D eigenvalue weighted by molar-refractivity contribution is 5.69. The number of nitrogens with one attached hydrogen (secondary N) is 1. The Bertz CT molecular complexity index is 149. The highest BCUT2D eigenvalue weighted by atomic mass is 16.5. The lowest BCUT2D eigenvalue weighted by Gasteiger charge is -2.14. The van der Waals surface area contributed by atoms with E-state index in [1.165, 1.54) is 7.11 Å². The predicted molar refractivity (Wildman–Crippen MR) is 52.7 cm³/mol. The van der Waals surface area contributed by atoms with Gasteiger partial charge in [-0.25, -0.2) is 0 Å². The van der Waals surface area contributed by atoms with Crippen molar-refractivity contribution < 1.29 is 9.53 Å². The minimum absolute atomic E-state index is 0.162. The van der Waals surface area contributed by atoms with Gasteiger partial charge < -0.3 is 15.0 Å². The van der Waals surface area contributed by atoms with Crippen LogP contribution in [0.5, 0.6) is 0 Å². The molecule has 0 fully saturated rings. The summed E-state index contributed by atoms with van der Waals surface area (Å²) < 4.78 is 4.56. The molecule has 0 amide bonds. The Kier molecular flexibility index (Phi) is 6.54. The first kappa shape index (κ1) is 12.4. The van der Waals surface area contributed by atoms with Gasteiger partial charge in [0.05, 0.1) is 13.5 Å². The van der Waals surface area contributed by atoms with Crippen molar-refractivity contribution in [3.05, 3.63) is 0 Å². The molecule has 0 rings (SSSR count). The molecule has 0 aliphatic heterocycles. The third-order valence-corrected chi connectivity index (χ3v) is 1.75. The highest BCUT2D eigenvalue weighted by Crippen LogP contribution is 1.92. The van der Waals surface area contributed by atoms with Gasteiger partial charge in [0.25, 0.3) is 0 Å². The molecule has 0 aliphatic carbocycles. The van der Waals surface area contributed by atoms with E-state index in [0.29, 0.717) is 6.42 Å².